The SMILES string of the molecule is CC(N[C@H](C)c1ccc(Cl)cc1)c1nccn1C. The minimum atomic E-state index is 0.204. The molecular weight excluding hydrogens is 246 g/mol. The minimum absolute atomic E-state index is 0.204. The first kappa shape index (κ1) is 13.1. The van der Waals surface area contributed by atoms with Crippen LogP contribution in [0.5, 0.6) is 0 Å². The van der Waals surface area contributed by atoms with Crippen molar-refractivity contribution in [2.24, 2.45) is 7.05 Å². The van der Waals surface area contributed by atoms with Crippen LogP contribution in [0.3, 0.4) is 0 Å². The van der Waals surface area contributed by atoms with Crippen molar-refractivity contribution in [2.45, 2.75) is 25.9 Å². The lowest BCUT2D eigenvalue weighted by atomic mass is 10.1. The Morgan fingerprint density at radius 1 is 1.17 bits per heavy atom. The van der Waals surface area contributed by atoms with E-state index in [-0.39, 0.29) is 12.1 Å². The molecule has 18 heavy (non-hydrogen) atoms. The highest BCUT2D eigenvalue weighted by atomic mass is 35.5. The van der Waals surface area contributed by atoms with Gasteiger partial charge in [-0.2, -0.15) is 0 Å². The smallest absolute Gasteiger partial charge is 0.125 e. The van der Waals surface area contributed by atoms with E-state index in [1.165, 1.54) is 5.56 Å². The molecule has 0 bridgehead atoms. The summed E-state index contributed by atoms with van der Waals surface area (Å²) in [4.78, 5) is 4.36. The number of benzene rings is 1. The monoisotopic (exact) mass is 263 g/mol. The van der Waals surface area contributed by atoms with Crippen molar-refractivity contribution >= 4 is 11.6 Å². The molecule has 0 fully saturated rings. The number of nitrogens with one attached hydrogen (secondary N) is 1. The average molecular weight is 264 g/mol. The molecule has 96 valence electrons. The van der Waals surface area contributed by atoms with Crippen LogP contribution in [0.25, 0.3) is 0 Å². The van der Waals surface area contributed by atoms with Gasteiger partial charge in [-0.15, -0.1) is 0 Å². The van der Waals surface area contributed by atoms with Crippen molar-refractivity contribution in [3.05, 3.63) is 53.1 Å². The summed E-state index contributed by atoms with van der Waals surface area (Å²) in [7, 11) is 2.01. The zero-order chi connectivity index (χ0) is 13.1. The standard InChI is InChI=1S/C14H18ClN3/c1-10(12-4-6-13(15)7-5-12)17-11(2)14-16-8-9-18(14)3/h4-11,17H,1-3H3/t10-,11?/m1/s1. The van der Waals surface area contributed by atoms with Crippen molar-refractivity contribution in [1.82, 2.24) is 14.9 Å². The highest BCUT2D eigenvalue weighted by Gasteiger charge is 2.14. The lowest BCUT2D eigenvalue weighted by Gasteiger charge is -2.20. The lowest BCUT2D eigenvalue weighted by molar-refractivity contribution is 0.467. The van der Waals surface area contributed by atoms with Crippen LogP contribution >= 0.6 is 11.6 Å². The first-order chi connectivity index (χ1) is 8.58. The molecule has 3 nitrogen and oxygen atoms in total. The highest BCUT2D eigenvalue weighted by Crippen LogP contribution is 2.19. The van der Waals surface area contributed by atoms with Crippen LogP contribution in [-0.2, 0) is 7.05 Å². The molecule has 1 unspecified atom stereocenters. The molecule has 0 aliphatic heterocycles. The van der Waals surface area contributed by atoms with Gasteiger partial charge in [-0.1, -0.05) is 23.7 Å². The fourth-order valence-electron chi connectivity index (χ4n) is 2.09. The van der Waals surface area contributed by atoms with Crippen LogP contribution < -0.4 is 5.32 Å². The third-order valence-electron chi connectivity index (χ3n) is 3.12. The number of aryl methyl sites for hydroxylation is 1. The molecule has 0 aliphatic rings. The lowest BCUT2D eigenvalue weighted by Crippen LogP contribution is -2.24. The van der Waals surface area contributed by atoms with E-state index in [2.05, 4.69) is 24.1 Å². The molecule has 0 spiro atoms. The van der Waals surface area contributed by atoms with Gasteiger partial charge in [0.1, 0.15) is 5.82 Å². The number of hydrogen-bond donors (Lipinski definition) is 1. The Morgan fingerprint density at radius 3 is 2.39 bits per heavy atom. The zero-order valence-electron chi connectivity index (χ0n) is 10.9. The zero-order valence-corrected chi connectivity index (χ0v) is 11.6. The van der Waals surface area contributed by atoms with Crippen molar-refractivity contribution in [3.8, 4) is 0 Å². The number of aromatic nitrogens is 2. The summed E-state index contributed by atoms with van der Waals surface area (Å²) in [6, 6.07) is 8.39. The van der Waals surface area contributed by atoms with Crippen LogP contribution in [0.4, 0.5) is 0 Å². The van der Waals surface area contributed by atoms with Crippen molar-refractivity contribution in [3.63, 3.8) is 0 Å². The van der Waals surface area contributed by atoms with Gasteiger partial charge in [-0.25, -0.2) is 4.98 Å². The van der Waals surface area contributed by atoms with Crippen LogP contribution in [0.1, 0.15) is 37.3 Å². The van der Waals surface area contributed by atoms with Gasteiger partial charge in [-0.3, -0.25) is 0 Å². The predicted molar refractivity (Wildman–Crippen MR) is 74.6 cm³/mol. The van der Waals surface area contributed by atoms with Gasteiger partial charge in [0.15, 0.2) is 0 Å². The van der Waals surface area contributed by atoms with Gasteiger partial charge >= 0.3 is 0 Å². The molecule has 1 heterocycles. The summed E-state index contributed by atoms with van der Waals surface area (Å²) in [5.74, 6) is 1.04. The van der Waals surface area contributed by atoms with E-state index in [1.54, 1.807) is 0 Å². The average Bonchev–Trinajstić information content (AvgIpc) is 2.76. The summed E-state index contributed by atoms with van der Waals surface area (Å²) < 4.78 is 2.03. The first-order valence-corrected chi connectivity index (χ1v) is 6.44. The fraction of sp³-hybridized carbons (Fsp3) is 0.357. The summed E-state index contributed by atoms with van der Waals surface area (Å²) >= 11 is 5.89. The van der Waals surface area contributed by atoms with E-state index >= 15 is 0 Å². The topological polar surface area (TPSA) is 29.9 Å². The Labute approximate surface area is 113 Å². The molecule has 2 atom stereocenters. The summed E-state index contributed by atoms with van der Waals surface area (Å²) in [6.07, 6.45) is 3.78. The van der Waals surface area contributed by atoms with Crippen molar-refractivity contribution < 1.29 is 0 Å². The van der Waals surface area contributed by atoms with Crippen molar-refractivity contribution in [1.29, 1.82) is 0 Å². The minimum Gasteiger partial charge on any atom is -0.337 e. The van der Waals surface area contributed by atoms with Gasteiger partial charge in [0.25, 0.3) is 0 Å². The highest BCUT2D eigenvalue weighted by molar-refractivity contribution is 6.30. The Hall–Kier alpha value is -1.32. The molecule has 0 saturated carbocycles. The Morgan fingerprint density at radius 2 is 1.83 bits per heavy atom. The largest absolute Gasteiger partial charge is 0.337 e. The summed E-state index contributed by atoms with van der Waals surface area (Å²) in [5.41, 5.74) is 1.22. The number of rotatable bonds is 4. The van der Waals surface area contributed by atoms with Gasteiger partial charge in [0, 0.05) is 30.5 Å². The summed E-state index contributed by atoms with van der Waals surface area (Å²) in [6.45, 7) is 4.26. The number of hydrogen-bond acceptors (Lipinski definition) is 2. The summed E-state index contributed by atoms with van der Waals surface area (Å²) in [5, 5.41) is 4.30. The Kier molecular flexibility index (Phi) is 4.04. The Balaban J connectivity index is 2.05. The molecule has 2 aromatic rings. The molecule has 0 radical (unpaired) electrons. The number of halogens is 1. The van der Waals surface area contributed by atoms with Crippen LogP contribution in [0.15, 0.2) is 36.7 Å². The van der Waals surface area contributed by atoms with Gasteiger partial charge in [0.05, 0.1) is 6.04 Å². The van der Waals surface area contributed by atoms with Gasteiger partial charge < -0.3 is 9.88 Å². The van der Waals surface area contributed by atoms with Crippen molar-refractivity contribution in [2.75, 3.05) is 0 Å². The molecule has 2 rings (SSSR count). The van der Waals surface area contributed by atoms with Crippen LogP contribution in [0, 0.1) is 0 Å². The quantitative estimate of drug-likeness (QED) is 0.915. The second-order valence-corrected chi connectivity index (χ2v) is 4.99. The second kappa shape index (κ2) is 5.55. The van der Waals surface area contributed by atoms with Gasteiger partial charge in [-0.05, 0) is 31.5 Å². The molecule has 1 N–H and O–H groups in total. The van der Waals surface area contributed by atoms with Crippen LogP contribution in [0.2, 0.25) is 5.02 Å². The van der Waals surface area contributed by atoms with Gasteiger partial charge in [0.2, 0.25) is 0 Å². The van der Waals surface area contributed by atoms with E-state index in [0.717, 1.165) is 10.8 Å². The molecule has 1 aromatic heterocycles. The third-order valence-corrected chi connectivity index (χ3v) is 3.37. The second-order valence-electron chi connectivity index (χ2n) is 4.56. The molecule has 4 heteroatoms. The van der Waals surface area contributed by atoms with Crippen LogP contribution in [-0.4, -0.2) is 9.55 Å². The molecule has 0 saturated heterocycles. The maximum atomic E-state index is 5.89. The normalized spacial score (nSPS) is 14.4. The Bertz CT molecular complexity index is 504. The molecule has 1 aromatic carbocycles. The fourth-order valence-corrected chi connectivity index (χ4v) is 2.22. The molecular formula is C14H18ClN3. The van der Waals surface area contributed by atoms with E-state index in [9.17, 15) is 0 Å². The third kappa shape index (κ3) is 2.92. The maximum absolute atomic E-state index is 5.89. The predicted octanol–water partition coefficient (Wildman–Crippen LogP) is 3.49. The van der Waals surface area contributed by atoms with E-state index < -0.39 is 0 Å². The van der Waals surface area contributed by atoms with E-state index in [1.807, 2.05) is 48.3 Å². The van der Waals surface area contributed by atoms with E-state index in [0.29, 0.717) is 0 Å². The molecule has 0 aliphatic carbocycles. The molecule has 0 amide bonds. The van der Waals surface area contributed by atoms with E-state index in [4.69, 9.17) is 11.6 Å². The maximum Gasteiger partial charge on any atom is 0.125 e. The number of imidazole rings is 1. The first-order valence-electron chi connectivity index (χ1n) is 6.06. The number of nitrogens with zero attached hydrogens (tertiary/aromatic N) is 2.